The lowest BCUT2D eigenvalue weighted by Crippen LogP contribution is -2.54. The first-order chi connectivity index (χ1) is 13.3. The summed E-state index contributed by atoms with van der Waals surface area (Å²) in [6.07, 6.45) is 1.42. The highest BCUT2D eigenvalue weighted by Gasteiger charge is 2.35. The Bertz CT molecular complexity index is 1000. The summed E-state index contributed by atoms with van der Waals surface area (Å²) in [5.74, 6) is -1.37. The van der Waals surface area contributed by atoms with Crippen LogP contribution in [0.2, 0.25) is 0 Å². The van der Waals surface area contributed by atoms with Gasteiger partial charge in [-0.05, 0) is 86.9 Å². The number of hydrogen-bond acceptors (Lipinski definition) is 4. The van der Waals surface area contributed by atoms with Crippen LogP contribution in [0.4, 0.5) is 10.1 Å². The third kappa shape index (κ3) is 4.01. The van der Waals surface area contributed by atoms with Crippen molar-refractivity contribution in [2.24, 2.45) is 0 Å². The van der Waals surface area contributed by atoms with Gasteiger partial charge >= 0.3 is 0 Å². The van der Waals surface area contributed by atoms with Crippen LogP contribution in [-0.2, 0) is 9.59 Å². The Hall–Kier alpha value is -2.10. The van der Waals surface area contributed by atoms with Gasteiger partial charge in [-0.2, -0.15) is 0 Å². The molecule has 144 valence electrons. The molecule has 1 N–H and O–H groups in total. The fraction of sp³-hybridized carbons (Fsp3) is 0.105. The SMILES string of the molecule is CCOc1c(Br)cc(/C=C2\C(=O)NC(=S)N(c3ccccc3F)C2=O)cc1Br. The summed E-state index contributed by atoms with van der Waals surface area (Å²) < 4.78 is 21.0. The van der Waals surface area contributed by atoms with Crippen molar-refractivity contribution in [3.63, 3.8) is 0 Å². The van der Waals surface area contributed by atoms with Gasteiger partial charge in [0.1, 0.15) is 17.1 Å². The maximum atomic E-state index is 14.2. The molecule has 1 aliphatic heterocycles. The normalized spacial score (nSPS) is 15.8. The summed E-state index contributed by atoms with van der Waals surface area (Å²) in [6, 6.07) is 9.13. The minimum Gasteiger partial charge on any atom is -0.492 e. The molecule has 1 heterocycles. The topological polar surface area (TPSA) is 58.6 Å². The molecule has 0 spiro atoms. The maximum absolute atomic E-state index is 14.2. The van der Waals surface area contributed by atoms with Crippen LogP contribution in [0, 0.1) is 5.82 Å². The minimum atomic E-state index is -0.708. The molecule has 9 heteroatoms. The number of amides is 2. The lowest BCUT2D eigenvalue weighted by atomic mass is 10.1. The van der Waals surface area contributed by atoms with Gasteiger partial charge in [0, 0.05) is 0 Å². The Labute approximate surface area is 182 Å². The van der Waals surface area contributed by atoms with Crippen molar-refractivity contribution in [3.8, 4) is 5.75 Å². The Morgan fingerprint density at radius 3 is 2.46 bits per heavy atom. The van der Waals surface area contributed by atoms with Gasteiger partial charge in [0.05, 0.1) is 21.2 Å². The monoisotopic (exact) mass is 526 g/mol. The number of carbonyl (C=O) groups is 2. The third-order valence-corrected chi connectivity index (χ3v) is 5.28. The number of anilines is 1. The summed E-state index contributed by atoms with van der Waals surface area (Å²) in [6.45, 7) is 2.34. The zero-order chi connectivity index (χ0) is 20.4. The molecule has 2 aromatic carbocycles. The van der Waals surface area contributed by atoms with Gasteiger partial charge in [-0.25, -0.2) is 9.29 Å². The zero-order valence-electron chi connectivity index (χ0n) is 14.5. The highest BCUT2D eigenvalue weighted by atomic mass is 79.9. The second-order valence-electron chi connectivity index (χ2n) is 5.66. The Kier molecular flexibility index (Phi) is 6.26. The molecule has 5 nitrogen and oxygen atoms in total. The first-order valence-corrected chi connectivity index (χ1v) is 10.1. The summed E-state index contributed by atoms with van der Waals surface area (Å²) in [4.78, 5) is 26.3. The van der Waals surface area contributed by atoms with Crippen LogP contribution < -0.4 is 15.0 Å². The molecular formula is C19H13Br2FN2O3S. The number of para-hydroxylation sites is 1. The van der Waals surface area contributed by atoms with Gasteiger partial charge < -0.3 is 4.74 Å². The van der Waals surface area contributed by atoms with Crippen LogP contribution in [0.1, 0.15) is 12.5 Å². The first kappa shape index (κ1) is 20.6. The van der Waals surface area contributed by atoms with E-state index in [4.69, 9.17) is 17.0 Å². The molecule has 0 radical (unpaired) electrons. The number of nitrogens with one attached hydrogen (secondary N) is 1. The van der Waals surface area contributed by atoms with E-state index in [9.17, 15) is 14.0 Å². The second kappa shape index (κ2) is 8.50. The van der Waals surface area contributed by atoms with E-state index in [0.29, 0.717) is 26.9 Å². The molecule has 0 bridgehead atoms. The van der Waals surface area contributed by atoms with E-state index in [0.717, 1.165) is 4.90 Å². The van der Waals surface area contributed by atoms with Crippen molar-refractivity contribution in [2.75, 3.05) is 11.5 Å². The number of ether oxygens (including phenoxy) is 1. The second-order valence-corrected chi connectivity index (χ2v) is 7.75. The molecule has 2 amide bonds. The Morgan fingerprint density at radius 1 is 1.21 bits per heavy atom. The smallest absolute Gasteiger partial charge is 0.270 e. The van der Waals surface area contributed by atoms with E-state index >= 15 is 0 Å². The molecule has 0 unspecified atom stereocenters. The van der Waals surface area contributed by atoms with Gasteiger partial charge in [0.25, 0.3) is 11.8 Å². The third-order valence-electron chi connectivity index (χ3n) is 3.82. The molecular weight excluding hydrogens is 515 g/mol. The summed E-state index contributed by atoms with van der Waals surface area (Å²) >= 11 is 11.9. The van der Waals surface area contributed by atoms with Gasteiger partial charge in [-0.15, -0.1) is 0 Å². The van der Waals surface area contributed by atoms with Crippen molar-refractivity contribution >= 4 is 72.8 Å². The van der Waals surface area contributed by atoms with E-state index in [2.05, 4.69) is 37.2 Å². The molecule has 3 rings (SSSR count). The summed E-state index contributed by atoms with van der Waals surface area (Å²) in [5, 5.41) is 2.26. The number of benzene rings is 2. The number of nitrogens with zero attached hydrogens (tertiary/aromatic N) is 1. The van der Waals surface area contributed by atoms with E-state index in [1.165, 1.54) is 24.3 Å². The molecule has 28 heavy (non-hydrogen) atoms. The van der Waals surface area contributed by atoms with E-state index in [1.54, 1.807) is 18.2 Å². The van der Waals surface area contributed by atoms with Crippen LogP contribution in [0.25, 0.3) is 6.08 Å². The largest absolute Gasteiger partial charge is 0.492 e. The molecule has 0 aliphatic carbocycles. The molecule has 1 fully saturated rings. The van der Waals surface area contributed by atoms with E-state index in [-0.39, 0.29) is 16.4 Å². The number of hydrogen-bond donors (Lipinski definition) is 1. The Morgan fingerprint density at radius 2 is 1.86 bits per heavy atom. The van der Waals surface area contributed by atoms with Crippen LogP contribution in [0.5, 0.6) is 5.75 Å². The van der Waals surface area contributed by atoms with Crippen LogP contribution in [0.15, 0.2) is 50.9 Å². The van der Waals surface area contributed by atoms with Crippen LogP contribution in [0.3, 0.4) is 0 Å². The molecule has 0 saturated carbocycles. The highest BCUT2D eigenvalue weighted by molar-refractivity contribution is 9.11. The predicted octanol–water partition coefficient (Wildman–Crippen LogP) is 4.58. The average molecular weight is 528 g/mol. The minimum absolute atomic E-state index is 0.0301. The van der Waals surface area contributed by atoms with Crippen molar-refractivity contribution in [3.05, 3.63) is 62.3 Å². The van der Waals surface area contributed by atoms with Crippen molar-refractivity contribution < 1.29 is 18.7 Å². The fourth-order valence-electron chi connectivity index (χ4n) is 2.62. The lowest BCUT2D eigenvalue weighted by molar-refractivity contribution is -0.122. The average Bonchev–Trinajstić information content (AvgIpc) is 2.63. The van der Waals surface area contributed by atoms with Crippen molar-refractivity contribution in [1.82, 2.24) is 5.32 Å². The standard InChI is InChI=1S/C19H13Br2FN2O3S/c1-2-27-16-12(20)8-10(9-13(16)21)7-11-17(25)23-19(28)24(18(11)26)15-6-4-3-5-14(15)22/h3-9H,2H2,1H3,(H,23,25,28)/b11-7+. The molecule has 0 atom stereocenters. The number of rotatable bonds is 4. The van der Waals surface area contributed by atoms with Crippen LogP contribution in [-0.4, -0.2) is 23.5 Å². The zero-order valence-corrected chi connectivity index (χ0v) is 18.5. The van der Waals surface area contributed by atoms with Crippen molar-refractivity contribution in [1.29, 1.82) is 0 Å². The number of thiocarbonyl (C=S) groups is 1. The van der Waals surface area contributed by atoms with E-state index in [1.807, 2.05) is 6.92 Å². The highest BCUT2D eigenvalue weighted by Crippen LogP contribution is 2.35. The summed E-state index contributed by atoms with van der Waals surface area (Å²) in [5.41, 5.74) is 0.374. The fourth-order valence-corrected chi connectivity index (χ4v) is 4.35. The molecule has 1 saturated heterocycles. The quantitative estimate of drug-likeness (QED) is 0.359. The maximum Gasteiger partial charge on any atom is 0.270 e. The predicted molar refractivity (Wildman–Crippen MR) is 116 cm³/mol. The molecule has 0 aromatic heterocycles. The van der Waals surface area contributed by atoms with Gasteiger partial charge in [-0.3, -0.25) is 14.9 Å². The van der Waals surface area contributed by atoms with Gasteiger partial charge in [-0.1, -0.05) is 12.1 Å². The summed E-state index contributed by atoms with van der Waals surface area (Å²) in [7, 11) is 0. The van der Waals surface area contributed by atoms with Crippen molar-refractivity contribution in [2.45, 2.75) is 6.92 Å². The molecule has 2 aromatic rings. The van der Waals surface area contributed by atoms with Gasteiger partial charge in [0.2, 0.25) is 0 Å². The first-order valence-electron chi connectivity index (χ1n) is 8.11. The lowest BCUT2D eigenvalue weighted by Gasteiger charge is -2.29. The molecule has 1 aliphatic rings. The number of halogens is 3. The van der Waals surface area contributed by atoms with Gasteiger partial charge in [0.15, 0.2) is 5.11 Å². The van der Waals surface area contributed by atoms with E-state index < -0.39 is 17.6 Å². The van der Waals surface area contributed by atoms with Crippen LogP contribution >= 0.6 is 44.1 Å². The number of carbonyl (C=O) groups excluding carboxylic acids is 2. The Balaban J connectivity index is 2.04.